The Hall–Kier alpha value is -3.04. The van der Waals surface area contributed by atoms with Gasteiger partial charge in [0, 0.05) is 10.6 Å². The predicted molar refractivity (Wildman–Crippen MR) is 116 cm³/mol. The normalized spacial score (nSPS) is 18.4. The van der Waals surface area contributed by atoms with Gasteiger partial charge in [0.2, 0.25) is 0 Å². The number of nitrogens with one attached hydrogen (secondary N) is 1. The van der Waals surface area contributed by atoms with Crippen molar-refractivity contribution in [3.63, 3.8) is 0 Å². The van der Waals surface area contributed by atoms with Crippen molar-refractivity contribution in [2.24, 2.45) is 4.99 Å². The SMILES string of the molecule is C=C(C)c1cccc(C2=NC(c3ccc(O)cc3)C(c3ccc(Cl)cc3)N2)c1. The summed E-state index contributed by atoms with van der Waals surface area (Å²) in [5.74, 6) is 1.09. The van der Waals surface area contributed by atoms with Crippen molar-refractivity contribution in [3.8, 4) is 5.75 Å². The van der Waals surface area contributed by atoms with E-state index in [4.69, 9.17) is 16.6 Å². The van der Waals surface area contributed by atoms with Crippen LogP contribution in [0.5, 0.6) is 5.75 Å². The van der Waals surface area contributed by atoms with E-state index in [-0.39, 0.29) is 17.8 Å². The van der Waals surface area contributed by atoms with E-state index in [0.717, 1.165) is 33.7 Å². The van der Waals surface area contributed by atoms with Crippen molar-refractivity contribution in [2.45, 2.75) is 19.0 Å². The largest absolute Gasteiger partial charge is 0.508 e. The maximum absolute atomic E-state index is 9.65. The van der Waals surface area contributed by atoms with Crippen molar-refractivity contribution in [1.82, 2.24) is 5.32 Å². The Kier molecular flexibility index (Phi) is 4.93. The molecule has 0 saturated carbocycles. The Morgan fingerprint density at radius 3 is 2.36 bits per heavy atom. The lowest BCUT2D eigenvalue weighted by Gasteiger charge is -2.20. The average molecular weight is 389 g/mol. The van der Waals surface area contributed by atoms with Crippen LogP contribution in [0.25, 0.3) is 5.57 Å². The zero-order valence-electron chi connectivity index (χ0n) is 15.6. The highest BCUT2D eigenvalue weighted by atomic mass is 35.5. The van der Waals surface area contributed by atoms with Gasteiger partial charge in [-0.1, -0.05) is 66.2 Å². The number of rotatable bonds is 4. The first-order valence-electron chi connectivity index (χ1n) is 9.16. The van der Waals surface area contributed by atoms with Gasteiger partial charge in [-0.05, 0) is 53.9 Å². The van der Waals surface area contributed by atoms with E-state index in [1.165, 1.54) is 0 Å². The summed E-state index contributed by atoms with van der Waals surface area (Å²) in [7, 11) is 0. The Morgan fingerprint density at radius 1 is 1.00 bits per heavy atom. The van der Waals surface area contributed by atoms with Crippen molar-refractivity contribution >= 4 is 23.0 Å². The number of hydrogen-bond donors (Lipinski definition) is 2. The maximum atomic E-state index is 9.65. The molecule has 1 aliphatic rings. The molecule has 0 bridgehead atoms. The summed E-state index contributed by atoms with van der Waals surface area (Å²) in [6, 6.07) is 23.2. The highest BCUT2D eigenvalue weighted by molar-refractivity contribution is 6.30. The monoisotopic (exact) mass is 388 g/mol. The zero-order valence-corrected chi connectivity index (χ0v) is 16.3. The molecule has 3 nitrogen and oxygen atoms in total. The van der Waals surface area contributed by atoms with E-state index in [1.54, 1.807) is 12.1 Å². The van der Waals surface area contributed by atoms with Gasteiger partial charge in [0.15, 0.2) is 0 Å². The van der Waals surface area contributed by atoms with Crippen LogP contribution in [0.2, 0.25) is 5.02 Å². The molecule has 0 spiro atoms. The summed E-state index contributed by atoms with van der Waals surface area (Å²) in [4.78, 5) is 5.00. The van der Waals surface area contributed by atoms with Crippen LogP contribution >= 0.6 is 11.6 Å². The summed E-state index contributed by atoms with van der Waals surface area (Å²) in [5, 5.41) is 13.9. The van der Waals surface area contributed by atoms with Crippen LogP contribution in [0.4, 0.5) is 0 Å². The lowest BCUT2D eigenvalue weighted by atomic mass is 9.95. The van der Waals surface area contributed by atoms with Gasteiger partial charge in [0.25, 0.3) is 0 Å². The molecule has 0 amide bonds. The quantitative estimate of drug-likeness (QED) is 0.583. The Balaban J connectivity index is 1.75. The number of amidine groups is 1. The van der Waals surface area contributed by atoms with Gasteiger partial charge >= 0.3 is 0 Å². The van der Waals surface area contributed by atoms with Crippen LogP contribution in [-0.4, -0.2) is 10.9 Å². The summed E-state index contributed by atoms with van der Waals surface area (Å²) >= 11 is 6.08. The van der Waals surface area contributed by atoms with Gasteiger partial charge in [-0.15, -0.1) is 0 Å². The van der Waals surface area contributed by atoms with E-state index in [1.807, 2.05) is 49.4 Å². The summed E-state index contributed by atoms with van der Waals surface area (Å²) in [6.45, 7) is 6.04. The Bertz CT molecular complexity index is 1040. The molecular weight excluding hydrogens is 368 g/mol. The number of phenolic OH excluding ortho intramolecular Hbond substituents is 1. The van der Waals surface area contributed by atoms with E-state index >= 15 is 0 Å². The van der Waals surface area contributed by atoms with Gasteiger partial charge in [-0.3, -0.25) is 4.99 Å². The lowest BCUT2D eigenvalue weighted by Crippen LogP contribution is -2.25. The van der Waals surface area contributed by atoms with Gasteiger partial charge in [-0.2, -0.15) is 0 Å². The van der Waals surface area contributed by atoms with E-state index in [9.17, 15) is 5.11 Å². The predicted octanol–water partition coefficient (Wildman–Crippen LogP) is 5.91. The zero-order chi connectivity index (χ0) is 19.7. The lowest BCUT2D eigenvalue weighted by molar-refractivity contribution is 0.474. The molecule has 0 radical (unpaired) electrons. The van der Waals surface area contributed by atoms with Crippen LogP contribution in [0, 0.1) is 0 Å². The number of hydrogen-bond acceptors (Lipinski definition) is 3. The van der Waals surface area contributed by atoms with Crippen molar-refractivity contribution in [3.05, 3.63) is 107 Å². The average Bonchev–Trinajstić information content (AvgIpc) is 3.14. The number of aliphatic imine (C=N–C) groups is 1. The van der Waals surface area contributed by atoms with Crippen LogP contribution < -0.4 is 5.32 Å². The molecule has 0 aliphatic carbocycles. The number of phenols is 1. The minimum absolute atomic E-state index is 0.0229. The van der Waals surface area contributed by atoms with E-state index < -0.39 is 0 Å². The second-order valence-electron chi connectivity index (χ2n) is 7.05. The first-order valence-corrected chi connectivity index (χ1v) is 9.54. The Morgan fingerprint density at radius 2 is 1.68 bits per heavy atom. The van der Waals surface area contributed by atoms with Crippen LogP contribution in [0.1, 0.15) is 41.3 Å². The van der Waals surface area contributed by atoms with Gasteiger partial charge < -0.3 is 10.4 Å². The highest BCUT2D eigenvalue weighted by Crippen LogP contribution is 2.38. The molecule has 2 N–H and O–H groups in total. The third-order valence-corrected chi connectivity index (χ3v) is 5.22. The first kappa shape index (κ1) is 18.3. The molecule has 2 atom stereocenters. The molecule has 4 heteroatoms. The smallest absolute Gasteiger partial charge is 0.129 e. The van der Waals surface area contributed by atoms with Crippen molar-refractivity contribution in [1.29, 1.82) is 0 Å². The number of allylic oxidation sites excluding steroid dienone is 1. The maximum Gasteiger partial charge on any atom is 0.129 e. The van der Waals surface area contributed by atoms with Crippen molar-refractivity contribution in [2.75, 3.05) is 0 Å². The molecule has 3 aromatic rings. The molecule has 140 valence electrons. The number of benzene rings is 3. The minimum Gasteiger partial charge on any atom is -0.508 e. The number of halogens is 1. The fraction of sp³-hybridized carbons (Fsp3) is 0.125. The molecular formula is C24H21ClN2O. The molecule has 0 aromatic heterocycles. The fourth-order valence-corrected chi connectivity index (χ4v) is 3.57. The van der Waals surface area contributed by atoms with Crippen LogP contribution in [0.15, 0.2) is 84.4 Å². The first-order chi connectivity index (χ1) is 13.5. The molecule has 0 fully saturated rings. The van der Waals surface area contributed by atoms with E-state index in [2.05, 4.69) is 30.1 Å². The molecule has 28 heavy (non-hydrogen) atoms. The third kappa shape index (κ3) is 3.67. The molecule has 1 heterocycles. The number of aromatic hydroxyl groups is 1. The number of nitrogens with zero attached hydrogens (tertiary/aromatic N) is 1. The van der Waals surface area contributed by atoms with Gasteiger partial charge in [0.05, 0.1) is 6.04 Å². The molecule has 3 aromatic carbocycles. The second-order valence-corrected chi connectivity index (χ2v) is 7.49. The summed E-state index contributed by atoms with van der Waals surface area (Å²) in [6.07, 6.45) is 0. The molecule has 1 aliphatic heterocycles. The highest BCUT2D eigenvalue weighted by Gasteiger charge is 2.31. The summed E-state index contributed by atoms with van der Waals surface area (Å²) in [5.41, 5.74) is 5.29. The second kappa shape index (κ2) is 7.53. The van der Waals surface area contributed by atoms with Gasteiger partial charge in [-0.25, -0.2) is 0 Å². The minimum atomic E-state index is -0.106. The van der Waals surface area contributed by atoms with Crippen LogP contribution in [0.3, 0.4) is 0 Å². The molecule has 2 unspecified atom stereocenters. The fourth-order valence-electron chi connectivity index (χ4n) is 3.44. The molecule has 0 saturated heterocycles. The van der Waals surface area contributed by atoms with Gasteiger partial charge in [0.1, 0.15) is 17.6 Å². The topological polar surface area (TPSA) is 44.6 Å². The van der Waals surface area contributed by atoms with Crippen LogP contribution in [-0.2, 0) is 0 Å². The third-order valence-electron chi connectivity index (χ3n) is 4.97. The van der Waals surface area contributed by atoms with E-state index in [0.29, 0.717) is 5.02 Å². The Labute approximate surface area is 170 Å². The van der Waals surface area contributed by atoms with Crippen molar-refractivity contribution < 1.29 is 5.11 Å². The molecule has 4 rings (SSSR count). The summed E-state index contributed by atoms with van der Waals surface area (Å²) < 4.78 is 0. The standard InChI is InChI=1S/C24H21ClN2O/c1-15(2)18-4-3-5-19(14-18)24-26-22(16-6-10-20(25)11-7-16)23(27-24)17-8-12-21(28)13-9-17/h3-14,22-23,28H,1H2,2H3,(H,26,27).